The molecule has 0 aliphatic carbocycles. The van der Waals surface area contributed by atoms with Crippen LogP contribution in [-0.4, -0.2) is 28.5 Å². The molecule has 1 atom stereocenters. The third-order valence-electron chi connectivity index (χ3n) is 3.73. The van der Waals surface area contributed by atoms with Crippen molar-refractivity contribution in [2.24, 2.45) is 5.92 Å². The van der Waals surface area contributed by atoms with Gasteiger partial charge in [-0.2, -0.15) is 0 Å². The van der Waals surface area contributed by atoms with Crippen LogP contribution in [0.15, 0.2) is 48.7 Å². The first-order chi connectivity index (χ1) is 11.1. The molecule has 2 aromatic rings. The number of para-hydroxylation sites is 2. The molecular formula is C17H16N2O4. The van der Waals surface area contributed by atoms with E-state index < -0.39 is 11.9 Å². The van der Waals surface area contributed by atoms with Crippen molar-refractivity contribution in [3.63, 3.8) is 0 Å². The van der Waals surface area contributed by atoms with Crippen LogP contribution in [0.2, 0.25) is 0 Å². The van der Waals surface area contributed by atoms with Crippen molar-refractivity contribution in [2.45, 2.75) is 13.0 Å². The van der Waals surface area contributed by atoms with Gasteiger partial charge in [-0.05, 0) is 24.3 Å². The second kappa shape index (κ2) is 6.48. The van der Waals surface area contributed by atoms with Crippen LogP contribution in [0, 0.1) is 5.92 Å². The van der Waals surface area contributed by atoms with Gasteiger partial charge in [0, 0.05) is 19.2 Å². The van der Waals surface area contributed by atoms with Gasteiger partial charge < -0.3 is 14.7 Å². The van der Waals surface area contributed by atoms with Crippen molar-refractivity contribution < 1.29 is 19.4 Å². The molecule has 118 valence electrons. The summed E-state index contributed by atoms with van der Waals surface area (Å²) in [7, 11) is 0. The molecule has 3 rings (SSSR count). The highest BCUT2D eigenvalue weighted by molar-refractivity contribution is 6.00. The highest BCUT2D eigenvalue weighted by Crippen LogP contribution is 2.33. The van der Waals surface area contributed by atoms with E-state index in [9.17, 15) is 9.59 Å². The van der Waals surface area contributed by atoms with Gasteiger partial charge in [-0.25, -0.2) is 0 Å². The summed E-state index contributed by atoms with van der Waals surface area (Å²) >= 11 is 0. The van der Waals surface area contributed by atoms with Crippen LogP contribution in [0.4, 0.5) is 5.69 Å². The Morgan fingerprint density at radius 2 is 2.04 bits per heavy atom. The first-order valence-corrected chi connectivity index (χ1v) is 7.30. The van der Waals surface area contributed by atoms with Crippen LogP contribution in [0.1, 0.15) is 12.1 Å². The first kappa shape index (κ1) is 15.0. The molecule has 1 aliphatic rings. The van der Waals surface area contributed by atoms with Gasteiger partial charge in [0.25, 0.3) is 0 Å². The lowest BCUT2D eigenvalue weighted by Crippen LogP contribution is -2.26. The fraction of sp³-hybridized carbons (Fsp3) is 0.235. The number of anilines is 1. The Balaban J connectivity index is 1.78. The Kier molecular flexibility index (Phi) is 4.23. The fourth-order valence-electron chi connectivity index (χ4n) is 2.54. The molecular weight excluding hydrogens is 296 g/mol. The van der Waals surface area contributed by atoms with Crippen LogP contribution >= 0.6 is 0 Å². The summed E-state index contributed by atoms with van der Waals surface area (Å²) in [6.45, 7) is 0.445. The number of nitrogens with zero attached hydrogens (tertiary/aromatic N) is 2. The highest BCUT2D eigenvalue weighted by atomic mass is 16.5. The molecule has 1 saturated heterocycles. The van der Waals surface area contributed by atoms with Gasteiger partial charge in [0.15, 0.2) is 0 Å². The Hall–Kier alpha value is -2.89. The molecule has 0 bridgehead atoms. The minimum Gasteiger partial charge on any atom is -0.485 e. The van der Waals surface area contributed by atoms with E-state index in [1.807, 2.05) is 24.3 Å². The molecule has 0 unspecified atom stereocenters. The molecule has 1 aliphatic heterocycles. The van der Waals surface area contributed by atoms with Crippen molar-refractivity contribution in [1.29, 1.82) is 0 Å². The number of rotatable bonds is 5. The largest absolute Gasteiger partial charge is 0.485 e. The molecule has 0 radical (unpaired) electrons. The monoisotopic (exact) mass is 312 g/mol. The lowest BCUT2D eigenvalue weighted by molar-refractivity contribution is -0.141. The molecule has 0 saturated carbocycles. The zero-order valence-electron chi connectivity index (χ0n) is 12.4. The van der Waals surface area contributed by atoms with Crippen LogP contribution in [-0.2, 0) is 16.2 Å². The predicted octanol–water partition coefficient (Wildman–Crippen LogP) is 2.10. The van der Waals surface area contributed by atoms with Crippen LogP contribution in [0.5, 0.6) is 5.75 Å². The first-order valence-electron chi connectivity index (χ1n) is 7.30. The molecule has 6 nitrogen and oxygen atoms in total. The van der Waals surface area contributed by atoms with E-state index in [-0.39, 0.29) is 25.5 Å². The highest BCUT2D eigenvalue weighted by Gasteiger charge is 2.36. The third kappa shape index (κ3) is 3.31. The molecule has 1 aromatic carbocycles. The second-order valence-corrected chi connectivity index (χ2v) is 5.32. The van der Waals surface area contributed by atoms with Crippen LogP contribution < -0.4 is 9.64 Å². The maximum Gasteiger partial charge on any atom is 0.308 e. The number of carbonyl (C=O) groups excluding carboxylic acids is 1. The SMILES string of the molecule is O=C(O)[C@H]1CC(=O)N(c2ccccc2OCc2ccccn2)C1. The molecule has 1 N–H and O–H groups in total. The van der Waals surface area contributed by atoms with Crippen LogP contribution in [0.3, 0.4) is 0 Å². The molecule has 2 heterocycles. The van der Waals surface area contributed by atoms with Gasteiger partial charge in [0.1, 0.15) is 12.4 Å². The average molecular weight is 312 g/mol. The van der Waals surface area contributed by atoms with E-state index in [1.165, 1.54) is 4.90 Å². The summed E-state index contributed by atoms with van der Waals surface area (Å²) in [6, 6.07) is 12.7. The zero-order chi connectivity index (χ0) is 16.2. The molecule has 23 heavy (non-hydrogen) atoms. The molecule has 6 heteroatoms. The van der Waals surface area contributed by atoms with E-state index in [0.717, 1.165) is 5.69 Å². The minimum atomic E-state index is -0.951. The predicted molar refractivity (Wildman–Crippen MR) is 83.1 cm³/mol. The standard InChI is InChI=1S/C17H16N2O4/c20-16-9-12(17(21)22)10-19(16)14-6-1-2-7-15(14)23-11-13-5-3-4-8-18-13/h1-8,12H,9-11H2,(H,21,22)/t12-/m0/s1. The summed E-state index contributed by atoms with van der Waals surface area (Å²) < 4.78 is 5.78. The number of benzene rings is 1. The number of amides is 1. The normalized spacial score (nSPS) is 17.3. The van der Waals surface area contributed by atoms with E-state index in [2.05, 4.69) is 4.98 Å². The van der Waals surface area contributed by atoms with Crippen molar-refractivity contribution in [1.82, 2.24) is 4.98 Å². The minimum absolute atomic E-state index is 0.0178. The summed E-state index contributed by atoms with van der Waals surface area (Å²) in [4.78, 5) is 28.9. The van der Waals surface area contributed by atoms with E-state index in [1.54, 1.807) is 24.4 Å². The van der Waals surface area contributed by atoms with Gasteiger partial charge in [0.2, 0.25) is 5.91 Å². The number of hydrogen-bond donors (Lipinski definition) is 1. The fourth-order valence-corrected chi connectivity index (χ4v) is 2.54. The molecule has 1 aromatic heterocycles. The quantitative estimate of drug-likeness (QED) is 0.914. The van der Waals surface area contributed by atoms with Gasteiger partial charge >= 0.3 is 5.97 Å². The summed E-state index contributed by atoms with van der Waals surface area (Å²) in [5.74, 6) is -1.29. The van der Waals surface area contributed by atoms with Gasteiger partial charge in [-0.15, -0.1) is 0 Å². The number of carbonyl (C=O) groups is 2. The number of carboxylic acids is 1. The van der Waals surface area contributed by atoms with E-state index >= 15 is 0 Å². The van der Waals surface area contributed by atoms with Gasteiger partial charge in [0.05, 0.1) is 17.3 Å². The smallest absolute Gasteiger partial charge is 0.308 e. The number of hydrogen-bond acceptors (Lipinski definition) is 4. The Labute approximate surface area is 133 Å². The number of aromatic nitrogens is 1. The van der Waals surface area contributed by atoms with Crippen molar-refractivity contribution >= 4 is 17.6 Å². The summed E-state index contributed by atoms with van der Waals surface area (Å²) in [5, 5.41) is 9.10. The topological polar surface area (TPSA) is 79.7 Å². The number of pyridine rings is 1. The Morgan fingerprint density at radius 3 is 2.74 bits per heavy atom. The van der Waals surface area contributed by atoms with E-state index in [4.69, 9.17) is 9.84 Å². The van der Waals surface area contributed by atoms with Crippen LogP contribution in [0.25, 0.3) is 0 Å². The van der Waals surface area contributed by atoms with Crippen molar-refractivity contribution in [3.8, 4) is 5.75 Å². The van der Waals surface area contributed by atoms with Crippen molar-refractivity contribution in [3.05, 3.63) is 54.4 Å². The van der Waals surface area contributed by atoms with E-state index in [0.29, 0.717) is 11.4 Å². The van der Waals surface area contributed by atoms with Gasteiger partial charge in [-0.1, -0.05) is 18.2 Å². The molecule has 1 fully saturated rings. The Morgan fingerprint density at radius 1 is 1.26 bits per heavy atom. The lowest BCUT2D eigenvalue weighted by atomic mass is 10.1. The average Bonchev–Trinajstić information content (AvgIpc) is 2.96. The Bertz CT molecular complexity index is 718. The number of aliphatic carboxylic acids is 1. The maximum atomic E-state index is 12.1. The number of carboxylic acid groups (broad SMARTS) is 1. The summed E-state index contributed by atoms with van der Waals surface area (Å²) in [5.41, 5.74) is 1.37. The zero-order valence-corrected chi connectivity index (χ0v) is 12.4. The lowest BCUT2D eigenvalue weighted by Gasteiger charge is -2.20. The molecule has 0 spiro atoms. The van der Waals surface area contributed by atoms with Gasteiger partial charge in [-0.3, -0.25) is 14.6 Å². The number of ether oxygens (including phenoxy) is 1. The summed E-state index contributed by atoms with van der Waals surface area (Å²) in [6.07, 6.45) is 1.70. The maximum absolute atomic E-state index is 12.1. The second-order valence-electron chi connectivity index (χ2n) is 5.32. The third-order valence-corrected chi connectivity index (χ3v) is 3.73. The molecule has 1 amide bonds. The van der Waals surface area contributed by atoms with Crippen molar-refractivity contribution in [2.75, 3.05) is 11.4 Å².